The molecule has 0 aliphatic heterocycles. The maximum absolute atomic E-state index is 10.9. The van der Waals surface area contributed by atoms with E-state index < -0.39 is 0 Å². The summed E-state index contributed by atoms with van der Waals surface area (Å²) in [7, 11) is 0. The number of aryl methyl sites for hydroxylation is 1. The van der Waals surface area contributed by atoms with Gasteiger partial charge in [0.05, 0.1) is 6.61 Å². The Morgan fingerprint density at radius 1 is 1.11 bits per heavy atom. The third kappa shape index (κ3) is 3.68. The van der Waals surface area contributed by atoms with Gasteiger partial charge < -0.3 is 4.74 Å². The summed E-state index contributed by atoms with van der Waals surface area (Å²) >= 11 is 0. The van der Waals surface area contributed by atoms with E-state index in [9.17, 15) is 4.79 Å². The average Bonchev–Trinajstić information content (AvgIpc) is 2.46. The van der Waals surface area contributed by atoms with Crippen molar-refractivity contribution >= 4 is 16.7 Å². The lowest BCUT2D eigenvalue weighted by Crippen LogP contribution is -2.02. The number of carbonyl (C=O) groups is 1. The van der Waals surface area contributed by atoms with Crippen molar-refractivity contribution in [3.05, 3.63) is 60.7 Å². The lowest BCUT2D eigenvalue weighted by Gasteiger charge is -2.06. The first-order valence-electron chi connectivity index (χ1n) is 6.57. The molecule has 0 heterocycles. The van der Waals surface area contributed by atoms with E-state index in [0.717, 1.165) is 19.3 Å². The summed E-state index contributed by atoms with van der Waals surface area (Å²) in [6.45, 7) is 3.83. The van der Waals surface area contributed by atoms with Crippen molar-refractivity contribution in [2.75, 3.05) is 6.61 Å². The molecule has 2 rings (SSSR count). The number of fused-ring (bicyclic) bond motifs is 1. The summed E-state index contributed by atoms with van der Waals surface area (Å²) in [5.74, 6) is -0.342. The van der Waals surface area contributed by atoms with Gasteiger partial charge in [0.2, 0.25) is 0 Å². The van der Waals surface area contributed by atoms with Crippen molar-refractivity contribution < 1.29 is 9.53 Å². The fourth-order valence-corrected chi connectivity index (χ4v) is 2.16. The number of carbonyl (C=O) groups excluding carboxylic acids is 1. The Hall–Kier alpha value is -2.09. The molecule has 0 aliphatic carbocycles. The molecule has 2 aromatic carbocycles. The molecule has 0 N–H and O–H groups in total. The van der Waals surface area contributed by atoms with Gasteiger partial charge in [-0.05, 0) is 35.6 Å². The lowest BCUT2D eigenvalue weighted by atomic mass is 10.0. The molecule has 0 radical (unpaired) electrons. The maximum Gasteiger partial charge on any atom is 0.330 e. The van der Waals surface area contributed by atoms with E-state index in [1.807, 2.05) is 0 Å². The first-order chi connectivity index (χ1) is 9.31. The van der Waals surface area contributed by atoms with Crippen LogP contribution in [0.4, 0.5) is 0 Å². The normalized spacial score (nSPS) is 10.3. The number of esters is 1. The molecular weight excluding hydrogens is 236 g/mol. The number of ether oxygens (including phenoxy) is 1. The summed E-state index contributed by atoms with van der Waals surface area (Å²) in [5, 5.41) is 2.59. The highest BCUT2D eigenvalue weighted by Crippen LogP contribution is 2.20. The van der Waals surface area contributed by atoms with E-state index in [-0.39, 0.29) is 5.97 Å². The predicted molar refractivity (Wildman–Crippen MR) is 78.0 cm³/mol. The van der Waals surface area contributed by atoms with Crippen molar-refractivity contribution in [1.29, 1.82) is 0 Å². The number of rotatable bonds is 6. The topological polar surface area (TPSA) is 26.3 Å². The highest BCUT2D eigenvalue weighted by molar-refractivity contribution is 5.85. The van der Waals surface area contributed by atoms with Gasteiger partial charge in [0.1, 0.15) is 0 Å². The van der Waals surface area contributed by atoms with Crippen LogP contribution in [0.1, 0.15) is 18.4 Å². The van der Waals surface area contributed by atoms with Crippen LogP contribution < -0.4 is 0 Å². The summed E-state index contributed by atoms with van der Waals surface area (Å²) in [6, 6.07) is 14.8. The molecule has 0 fully saturated rings. The van der Waals surface area contributed by atoms with Gasteiger partial charge in [-0.3, -0.25) is 0 Å². The fourth-order valence-electron chi connectivity index (χ4n) is 2.16. The maximum atomic E-state index is 10.9. The zero-order chi connectivity index (χ0) is 13.5. The van der Waals surface area contributed by atoms with Gasteiger partial charge in [0, 0.05) is 6.08 Å². The lowest BCUT2D eigenvalue weighted by molar-refractivity contribution is -0.137. The SMILES string of the molecule is C=CC(=O)OCCCCc1cccc2ccccc12. The van der Waals surface area contributed by atoms with Crippen molar-refractivity contribution in [3.8, 4) is 0 Å². The Bertz CT molecular complexity index is 567. The van der Waals surface area contributed by atoms with Crippen LogP contribution in [0.15, 0.2) is 55.1 Å². The van der Waals surface area contributed by atoms with Crippen molar-refractivity contribution in [2.24, 2.45) is 0 Å². The van der Waals surface area contributed by atoms with E-state index in [1.165, 1.54) is 22.4 Å². The zero-order valence-corrected chi connectivity index (χ0v) is 11.0. The summed E-state index contributed by atoms with van der Waals surface area (Å²) < 4.78 is 4.96. The first-order valence-corrected chi connectivity index (χ1v) is 6.57. The van der Waals surface area contributed by atoms with Gasteiger partial charge in [-0.2, -0.15) is 0 Å². The van der Waals surface area contributed by atoms with E-state index in [0.29, 0.717) is 6.61 Å². The Morgan fingerprint density at radius 3 is 2.74 bits per heavy atom. The summed E-state index contributed by atoms with van der Waals surface area (Å²) in [5.41, 5.74) is 1.35. The molecule has 0 bridgehead atoms. The van der Waals surface area contributed by atoms with Crippen molar-refractivity contribution in [2.45, 2.75) is 19.3 Å². The molecule has 98 valence electrons. The van der Waals surface area contributed by atoms with Gasteiger partial charge in [-0.1, -0.05) is 49.0 Å². The minimum Gasteiger partial charge on any atom is -0.463 e. The van der Waals surface area contributed by atoms with Crippen molar-refractivity contribution in [1.82, 2.24) is 0 Å². The largest absolute Gasteiger partial charge is 0.463 e. The molecular formula is C17H18O2. The molecule has 2 heteroatoms. The number of unbranched alkanes of at least 4 members (excludes halogenated alkanes) is 1. The molecule has 19 heavy (non-hydrogen) atoms. The Balaban J connectivity index is 1.88. The minimum atomic E-state index is -0.342. The van der Waals surface area contributed by atoms with Gasteiger partial charge in [-0.15, -0.1) is 0 Å². The second kappa shape index (κ2) is 6.74. The third-order valence-corrected chi connectivity index (χ3v) is 3.13. The standard InChI is InChI=1S/C17H18O2/c1-2-17(18)19-13-6-5-9-15-11-7-10-14-8-3-4-12-16(14)15/h2-4,7-8,10-12H,1,5-6,9,13H2. The molecule has 0 saturated carbocycles. The highest BCUT2D eigenvalue weighted by Gasteiger charge is 2.00. The molecule has 0 aromatic heterocycles. The summed E-state index contributed by atoms with van der Waals surface area (Å²) in [6.07, 6.45) is 4.10. The highest BCUT2D eigenvalue weighted by atomic mass is 16.5. The Labute approximate surface area is 113 Å². The molecule has 0 saturated heterocycles. The molecule has 0 spiro atoms. The second-order valence-corrected chi connectivity index (χ2v) is 4.47. The monoisotopic (exact) mass is 254 g/mol. The Morgan fingerprint density at radius 2 is 1.89 bits per heavy atom. The van der Waals surface area contributed by atoms with Crippen LogP contribution >= 0.6 is 0 Å². The zero-order valence-electron chi connectivity index (χ0n) is 11.0. The molecule has 0 aliphatic rings. The van der Waals surface area contributed by atoms with E-state index in [4.69, 9.17) is 4.74 Å². The van der Waals surface area contributed by atoms with Crippen LogP contribution in [-0.4, -0.2) is 12.6 Å². The van der Waals surface area contributed by atoms with Crippen LogP contribution in [0.3, 0.4) is 0 Å². The average molecular weight is 254 g/mol. The molecule has 2 nitrogen and oxygen atoms in total. The van der Waals surface area contributed by atoms with Crippen LogP contribution in [0, 0.1) is 0 Å². The quantitative estimate of drug-likeness (QED) is 0.444. The molecule has 2 aromatic rings. The molecule has 0 unspecified atom stereocenters. The van der Waals surface area contributed by atoms with E-state index in [2.05, 4.69) is 49.0 Å². The van der Waals surface area contributed by atoms with Gasteiger partial charge in [0.15, 0.2) is 0 Å². The Kier molecular flexibility index (Phi) is 4.73. The van der Waals surface area contributed by atoms with Gasteiger partial charge >= 0.3 is 5.97 Å². The van der Waals surface area contributed by atoms with E-state index >= 15 is 0 Å². The smallest absolute Gasteiger partial charge is 0.330 e. The molecule has 0 atom stereocenters. The second-order valence-electron chi connectivity index (χ2n) is 4.47. The summed E-state index contributed by atoms with van der Waals surface area (Å²) in [4.78, 5) is 10.9. The van der Waals surface area contributed by atoms with Crippen LogP contribution in [0.5, 0.6) is 0 Å². The first kappa shape index (κ1) is 13.3. The molecule has 0 amide bonds. The van der Waals surface area contributed by atoms with Gasteiger partial charge in [-0.25, -0.2) is 4.79 Å². The van der Waals surface area contributed by atoms with Crippen LogP contribution in [0.25, 0.3) is 10.8 Å². The number of benzene rings is 2. The predicted octanol–water partition coefficient (Wildman–Crippen LogP) is 3.89. The van der Waals surface area contributed by atoms with Gasteiger partial charge in [0.25, 0.3) is 0 Å². The fraction of sp³-hybridized carbons (Fsp3) is 0.235. The van der Waals surface area contributed by atoms with Crippen LogP contribution in [-0.2, 0) is 16.0 Å². The van der Waals surface area contributed by atoms with E-state index in [1.54, 1.807) is 0 Å². The number of hydrogen-bond acceptors (Lipinski definition) is 2. The van der Waals surface area contributed by atoms with Crippen LogP contribution in [0.2, 0.25) is 0 Å². The number of hydrogen-bond donors (Lipinski definition) is 0. The van der Waals surface area contributed by atoms with Crippen molar-refractivity contribution in [3.63, 3.8) is 0 Å². The third-order valence-electron chi connectivity index (χ3n) is 3.13. The minimum absolute atomic E-state index is 0.342.